The van der Waals surface area contributed by atoms with Crippen molar-refractivity contribution in [2.75, 3.05) is 0 Å². The predicted octanol–water partition coefficient (Wildman–Crippen LogP) is 3.42. The Hall–Kier alpha value is -0.950. The van der Waals surface area contributed by atoms with Crippen molar-refractivity contribution >= 4 is 19.7 Å². The molecule has 0 fully saturated rings. The van der Waals surface area contributed by atoms with Gasteiger partial charge >= 0.3 is 6.18 Å². The van der Waals surface area contributed by atoms with Crippen LogP contribution in [0.4, 0.5) is 13.2 Å². The molecule has 0 aliphatic heterocycles. The van der Waals surface area contributed by atoms with Crippen molar-refractivity contribution in [3.05, 3.63) is 23.8 Å². The Balaban J connectivity index is 3.39. The first-order chi connectivity index (χ1) is 8.01. The summed E-state index contributed by atoms with van der Waals surface area (Å²) < 4.78 is 65.2. The molecule has 0 N–H and O–H groups in total. The summed E-state index contributed by atoms with van der Waals surface area (Å²) in [6, 6.07) is 2.37. The standard InChI is InChI=1S/C10H10ClF3O3S/c1-6(2)17-9-4-3-7(18(11,15)16)5-8(9)10(12,13)14/h3-6H,1-2H3. The van der Waals surface area contributed by atoms with Crippen LogP contribution in [0.2, 0.25) is 0 Å². The Labute approximate surface area is 107 Å². The minimum Gasteiger partial charge on any atom is -0.490 e. The van der Waals surface area contributed by atoms with Gasteiger partial charge in [-0.25, -0.2) is 8.42 Å². The number of hydrogen-bond donors (Lipinski definition) is 0. The molecule has 0 aliphatic rings. The predicted molar refractivity (Wildman–Crippen MR) is 60.2 cm³/mol. The van der Waals surface area contributed by atoms with Gasteiger partial charge in [0.2, 0.25) is 0 Å². The molecule has 0 atom stereocenters. The topological polar surface area (TPSA) is 43.4 Å². The van der Waals surface area contributed by atoms with Crippen LogP contribution >= 0.6 is 10.7 Å². The van der Waals surface area contributed by atoms with Crippen LogP contribution in [-0.2, 0) is 15.2 Å². The maximum atomic E-state index is 12.7. The number of halogens is 4. The molecule has 0 amide bonds. The summed E-state index contributed by atoms with van der Waals surface area (Å²) in [6.45, 7) is 3.12. The fourth-order valence-corrected chi connectivity index (χ4v) is 2.02. The van der Waals surface area contributed by atoms with Gasteiger partial charge in [-0.1, -0.05) is 0 Å². The summed E-state index contributed by atoms with van der Waals surface area (Å²) in [5.41, 5.74) is -1.17. The number of benzene rings is 1. The molecule has 8 heteroatoms. The first-order valence-corrected chi connectivity index (χ1v) is 7.15. The smallest absolute Gasteiger partial charge is 0.420 e. The molecule has 0 aliphatic carbocycles. The van der Waals surface area contributed by atoms with Crippen LogP contribution in [0, 0.1) is 0 Å². The van der Waals surface area contributed by atoms with Crippen molar-refractivity contribution < 1.29 is 26.3 Å². The first-order valence-electron chi connectivity index (χ1n) is 4.84. The van der Waals surface area contributed by atoms with Crippen LogP contribution in [-0.4, -0.2) is 14.5 Å². The van der Waals surface area contributed by atoms with Gasteiger partial charge in [-0.3, -0.25) is 0 Å². The van der Waals surface area contributed by atoms with Gasteiger partial charge in [-0.15, -0.1) is 0 Å². The van der Waals surface area contributed by atoms with Crippen molar-refractivity contribution in [2.45, 2.75) is 31.0 Å². The van der Waals surface area contributed by atoms with Crippen molar-refractivity contribution in [3.8, 4) is 5.75 Å². The lowest BCUT2D eigenvalue weighted by Gasteiger charge is -2.16. The fraction of sp³-hybridized carbons (Fsp3) is 0.400. The lowest BCUT2D eigenvalue weighted by Crippen LogP contribution is -2.13. The van der Waals surface area contributed by atoms with E-state index >= 15 is 0 Å². The van der Waals surface area contributed by atoms with Crippen molar-refractivity contribution in [2.24, 2.45) is 0 Å². The van der Waals surface area contributed by atoms with Crippen LogP contribution in [0.3, 0.4) is 0 Å². The molecule has 1 aromatic rings. The number of hydrogen-bond acceptors (Lipinski definition) is 3. The Morgan fingerprint density at radius 3 is 2.22 bits per heavy atom. The molecule has 0 aromatic heterocycles. The van der Waals surface area contributed by atoms with E-state index in [0.717, 1.165) is 12.1 Å². The summed E-state index contributed by atoms with van der Waals surface area (Å²) in [7, 11) is 0.789. The molecule has 18 heavy (non-hydrogen) atoms. The highest BCUT2D eigenvalue weighted by Gasteiger charge is 2.35. The molecule has 1 aromatic carbocycles. The van der Waals surface area contributed by atoms with Gasteiger partial charge < -0.3 is 4.74 Å². The van der Waals surface area contributed by atoms with Crippen molar-refractivity contribution in [1.82, 2.24) is 0 Å². The normalized spacial score (nSPS) is 12.8. The molecule has 102 valence electrons. The van der Waals surface area contributed by atoms with Crippen LogP contribution in [0.1, 0.15) is 19.4 Å². The van der Waals surface area contributed by atoms with Crippen molar-refractivity contribution in [1.29, 1.82) is 0 Å². The molecule has 0 radical (unpaired) electrons. The zero-order valence-corrected chi connectivity index (χ0v) is 11.0. The van der Waals surface area contributed by atoms with Crippen LogP contribution in [0.15, 0.2) is 23.1 Å². The van der Waals surface area contributed by atoms with Crippen LogP contribution in [0.5, 0.6) is 5.75 Å². The second kappa shape index (κ2) is 4.97. The third kappa shape index (κ3) is 3.78. The molecule has 0 spiro atoms. The third-order valence-corrected chi connectivity index (χ3v) is 3.25. The zero-order chi connectivity index (χ0) is 14.1. The third-order valence-electron chi connectivity index (χ3n) is 1.90. The van der Waals surface area contributed by atoms with Gasteiger partial charge in [0, 0.05) is 10.7 Å². The first kappa shape index (κ1) is 15.1. The number of rotatable bonds is 3. The minimum atomic E-state index is -4.72. The van der Waals surface area contributed by atoms with E-state index < -0.39 is 37.5 Å². The summed E-state index contributed by atoms with van der Waals surface area (Å²) in [5, 5.41) is 0. The van der Waals surface area contributed by atoms with E-state index in [4.69, 9.17) is 15.4 Å². The molecule has 0 saturated carbocycles. The SMILES string of the molecule is CC(C)Oc1ccc(S(=O)(=O)Cl)cc1C(F)(F)F. The second-order valence-corrected chi connectivity index (χ2v) is 6.33. The quantitative estimate of drug-likeness (QED) is 0.804. The molecular weight excluding hydrogens is 293 g/mol. The second-order valence-electron chi connectivity index (χ2n) is 3.76. The van der Waals surface area contributed by atoms with Gasteiger partial charge in [0.15, 0.2) is 0 Å². The Morgan fingerprint density at radius 1 is 1.28 bits per heavy atom. The molecule has 0 heterocycles. The Kier molecular flexibility index (Phi) is 4.17. The molecule has 0 saturated heterocycles. The van der Waals surface area contributed by atoms with E-state index in [1.807, 2.05) is 0 Å². The summed E-state index contributed by atoms with van der Waals surface area (Å²) in [5.74, 6) is -0.429. The molecule has 0 bridgehead atoms. The molecule has 3 nitrogen and oxygen atoms in total. The van der Waals surface area contributed by atoms with Crippen LogP contribution in [0.25, 0.3) is 0 Å². The van der Waals surface area contributed by atoms with Gasteiger partial charge in [0.05, 0.1) is 16.6 Å². The van der Waals surface area contributed by atoms with Gasteiger partial charge in [-0.2, -0.15) is 13.2 Å². The minimum absolute atomic E-state index is 0.429. The number of ether oxygens (including phenoxy) is 1. The highest BCUT2D eigenvalue weighted by Crippen LogP contribution is 2.38. The van der Waals surface area contributed by atoms with Crippen LogP contribution < -0.4 is 4.74 Å². The Bertz CT molecular complexity index is 538. The summed E-state index contributed by atoms with van der Waals surface area (Å²) in [6.07, 6.45) is -5.19. The zero-order valence-electron chi connectivity index (χ0n) is 9.45. The van der Waals surface area contributed by atoms with E-state index in [1.165, 1.54) is 0 Å². The number of alkyl halides is 3. The Morgan fingerprint density at radius 2 is 1.83 bits per heavy atom. The van der Waals surface area contributed by atoms with E-state index in [1.54, 1.807) is 13.8 Å². The lowest BCUT2D eigenvalue weighted by molar-refractivity contribution is -0.139. The highest BCUT2D eigenvalue weighted by molar-refractivity contribution is 8.13. The monoisotopic (exact) mass is 302 g/mol. The summed E-state index contributed by atoms with van der Waals surface area (Å²) >= 11 is 0. The van der Waals surface area contributed by atoms with Gasteiger partial charge in [0.25, 0.3) is 9.05 Å². The largest absolute Gasteiger partial charge is 0.490 e. The van der Waals surface area contributed by atoms with E-state index in [9.17, 15) is 21.6 Å². The average molecular weight is 303 g/mol. The van der Waals surface area contributed by atoms with Gasteiger partial charge in [-0.05, 0) is 32.0 Å². The molecule has 1 rings (SSSR count). The molecular formula is C10H10ClF3O3S. The summed E-state index contributed by atoms with van der Waals surface area (Å²) in [4.78, 5) is -0.618. The molecule has 0 unspecified atom stereocenters. The van der Waals surface area contributed by atoms with Gasteiger partial charge in [0.1, 0.15) is 5.75 Å². The maximum absolute atomic E-state index is 12.7. The fourth-order valence-electron chi connectivity index (χ4n) is 1.24. The maximum Gasteiger partial charge on any atom is 0.420 e. The average Bonchev–Trinajstić information content (AvgIpc) is 2.13. The van der Waals surface area contributed by atoms with E-state index in [2.05, 4.69) is 0 Å². The highest BCUT2D eigenvalue weighted by atomic mass is 35.7. The van der Waals surface area contributed by atoms with Crippen molar-refractivity contribution in [3.63, 3.8) is 0 Å². The van der Waals surface area contributed by atoms with E-state index in [0.29, 0.717) is 6.07 Å². The van der Waals surface area contributed by atoms with E-state index in [-0.39, 0.29) is 0 Å². The lowest BCUT2D eigenvalue weighted by atomic mass is 10.2.